The van der Waals surface area contributed by atoms with Crippen LogP contribution in [-0.4, -0.2) is 24.7 Å². The summed E-state index contributed by atoms with van der Waals surface area (Å²) in [6.07, 6.45) is 0. The number of fused-ring (bicyclic) bond motifs is 1. The van der Waals surface area contributed by atoms with Crippen LogP contribution in [0.25, 0.3) is 0 Å². The van der Waals surface area contributed by atoms with Gasteiger partial charge >= 0.3 is 0 Å². The van der Waals surface area contributed by atoms with Gasteiger partial charge in [-0.3, -0.25) is 14.9 Å². The summed E-state index contributed by atoms with van der Waals surface area (Å²) in [5.41, 5.74) is -0.263. The third-order valence-electron chi connectivity index (χ3n) is 4.26. The van der Waals surface area contributed by atoms with Crippen molar-refractivity contribution in [1.29, 1.82) is 0 Å². The smallest absolute Gasteiger partial charge is 0.296 e. The van der Waals surface area contributed by atoms with Gasteiger partial charge in [-0.05, 0) is 36.4 Å². The first kappa shape index (κ1) is 19.1. The summed E-state index contributed by atoms with van der Waals surface area (Å²) >= 11 is 0. The lowest BCUT2D eigenvalue weighted by molar-refractivity contribution is -0.384. The number of rotatable bonds is 7. The van der Waals surface area contributed by atoms with Crippen LogP contribution in [0.4, 0.5) is 11.4 Å². The van der Waals surface area contributed by atoms with Crippen molar-refractivity contribution in [2.24, 2.45) is 0 Å². The Morgan fingerprint density at radius 2 is 1.90 bits per heavy atom. The Morgan fingerprint density at radius 1 is 1.10 bits per heavy atom. The van der Waals surface area contributed by atoms with Crippen molar-refractivity contribution in [1.82, 2.24) is 0 Å². The summed E-state index contributed by atoms with van der Waals surface area (Å²) in [5, 5.41) is 13.7. The Labute approximate surface area is 170 Å². The quantitative estimate of drug-likeness (QED) is 0.460. The number of methoxy groups -OCH3 is 1. The Bertz CT molecular complexity index is 1110. The van der Waals surface area contributed by atoms with Gasteiger partial charge in [-0.15, -0.1) is 0 Å². The van der Waals surface area contributed by atoms with Gasteiger partial charge in [0.25, 0.3) is 11.6 Å². The van der Waals surface area contributed by atoms with Crippen LogP contribution in [0.1, 0.15) is 16.3 Å². The van der Waals surface area contributed by atoms with E-state index in [-0.39, 0.29) is 30.5 Å². The highest BCUT2D eigenvalue weighted by molar-refractivity contribution is 6.03. The number of benzene rings is 2. The molecule has 0 saturated carbocycles. The third-order valence-corrected chi connectivity index (χ3v) is 4.26. The van der Waals surface area contributed by atoms with E-state index < -0.39 is 10.8 Å². The molecule has 0 unspecified atom stereocenters. The number of nitro benzene ring substituents is 1. The van der Waals surface area contributed by atoms with E-state index in [1.807, 2.05) is 0 Å². The zero-order chi connectivity index (χ0) is 21.1. The zero-order valence-electron chi connectivity index (χ0n) is 15.7. The maximum atomic E-state index is 12.4. The van der Waals surface area contributed by atoms with Crippen LogP contribution < -0.4 is 24.3 Å². The molecule has 0 saturated heterocycles. The van der Waals surface area contributed by atoms with Gasteiger partial charge in [0, 0.05) is 6.07 Å². The number of nitrogens with one attached hydrogen (secondary N) is 1. The van der Waals surface area contributed by atoms with Gasteiger partial charge in [0.1, 0.15) is 29.6 Å². The summed E-state index contributed by atoms with van der Waals surface area (Å²) in [5.74, 6) is 1.86. The first-order valence-corrected chi connectivity index (χ1v) is 8.78. The van der Waals surface area contributed by atoms with Gasteiger partial charge in [0.2, 0.25) is 6.79 Å². The molecule has 0 atom stereocenters. The molecular formula is C20H16N2O8. The van der Waals surface area contributed by atoms with E-state index in [1.165, 1.54) is 31.4 Å². The van der Waals surface area contributed by atoms with Gasteiger partial charge in [-0.1, -0.05) is 0 Å². The van der Waals surface area contributed by atoms with E-state index in [4.69, 9.17) is 23.4 Å². The van der Waals surface area contributed by atoms with Gasteiger partial charge in [-0.25, -0.2) is 0 Å². The van der Waals surface area contributed by atoms with Gasteiger partial charge in [0.15, 0.2) is 17.3 Å². The topological polar surface area (TPSA) is 122 Å². The maximum absolute atomic E-state index is 12.4. The van der Waals surface area contributed by atoms with Crippen LogP contribution >= 0.6 is 0 Å². The van der Waals surface area contributed by atoms with Crippen molar-refractivity contribution in [2.45, 2.75) is 6.61 Å². The van der Waals surface area contributed by atoms with Gasteiger partial charge in [0.05, 0.1) is 18.1 Å². The molecule has 30 heavy (non-hydrogen) atoms. The van der Waals surface area contributed by atoms with Crippen LogP contribution in [-0.2, 0) is 6.61 Å². The second-order valence-corrected chi connectivity index (χ2v) is 6.16. The number of anilines is 1. The number of nitrogens with zero attached hydrogens (tertiary/aromatic N) is 1. The fourth-order valence-electron chi connectivity index (χ4n) is 2.78. The number of carbonyl (C=O) groups is 1. The second-order valence-electron chi connectivity index (χ2n) is 6.16. The molecule has 0 radical (unpaired) electrons. The molecule has 10 nitrogen and oxygen atoms in total. The Morgan fingerprint density at radius 3 is 2.70 bits per heavy atom. The number of ether oxygens (including phenoxy) is 4. The molecule has 0 bridgehead atoms. The molecule has 0 fully saturated rings. The highest BCUT2D eigenvalue weighted by Gasteiger charge is 2.20. The zero-order valence-corrected chi connectivity index (χ0v) is 15.7. The molecule has 10 heteroatoms. The van der Waals surface area contributed by atoms with Crippen molar-refractivity contribution in [3.8, 4) is 23.0 Å². The van der Waals surface area contributed by atoms with Crippen LogP contribution in [0.2, 0.25) is 0 Å². The van der Waals surface area contributed by atoms with Crippen LogP contribution in [0.15, 0.2) is 52.9 Å². The second kappa shape index (κ2) is 8.03. The standard InChI is InChI=1S/C20H16N2O8/c1-26-12-2-5-15(16(8-12)22(24)25)21-20(23)18-7-4-14(30-18)10-27-13-3-6-17-19(9-13)29-11-28-17/h2-9H,10-11H2,1H3,(H,21,23). The Kier molecular flexibility index (Phi) is 5.12. The molecule has 154 valence electrons. The predicted molar refractivity (Wildman–Crippen MR) is 103 cm³/mol. The molecule has 0 aliphatic carbocycles. The molecule has 0 spiro atoms. The summed E-state index contributed by atoms with van der Waals surface area (Å²) < 4.78 is 26.6. The average Bonchev–Trinajstić information content (AvgIpc) is 3.41. The monoisotopic (exact) mass is 412 g/mol. The Hall–Kier alpha value is -4.21. The predicted octanol–water partition coefficient (Wildman–Crippen LogP) is 3.76. The maximum Gasteiger partial charge on any atom is 0.296 e. The minimum absolute atomic E-state index is 0.00981. The molecule has 1 amide bonds. The summed E-state index contributed by atoms with van der Waals surface area (Å²) in [7, 11) is 1.40. The normalized spacial score (nSPS) is 11.8. The SMILES string of the molecule is COc1ccc(NC(=O)c2ccc(COc3ccc4c(c3)OCO4)o2)c([N+](=O)[O-])c1. The number of furan rings is 1. The first-order chi connectivity index (χ1) is 14.5. The molecule has 1 aliphatic heterocycles. The number of nitro groups is 1. The van der Waals surface area contributed by atoms with Gasteiger partial charge in [-0.2, -0.15) is 0 Å². The molecule has 3 aromatic rings. The fourth-order valence-corrected chi connectivity index (χ4v) is 2.78. The fraction of sp³-hybridized carbons (Fsp3) is 0.150. The minimum atomic E-state index is -0.627. The molecule has 2 aromatic carbocycles. The van der Waals surface area contributed by atoms with Crippen LogP contribution in [0.5, 0.6) is 23.0 Å². The van der Waals surface area contributed by atoms with E-state index in [1.54, 1.807) is 24.3 Å². The van der Waals surface area contributed by atoms with Crippen molar-refractivity contribution in [3.63, 3.8) is 0 Å². The minimum Gasteiger partial charge on any atom is -0.496 e. The van der Waals surface area contributed by atoms with Crippen LogP contribution in [0, 0.1) is 10.1 Å². The number of carbonyl (C=O) groups excluding carboxylic acids is 1. The lowest BCUT2D eigenvalue weighted by Crippen LogP contribution is -2.12. The van der Waals surface area contributed by atoms with E-state index in [9.17, 15) is 14.9 Å². The lowest BCUT2D eigenvalue weighted by Gasteiger charge is -2.07. The molecule has 4 rings (SSSR count). The first-order valence-electron chi connectivity index (χ1n) is 8.78. The van der Waals surface area contributed by atoms with E-state index >= 15 is 0 Å². The van der Waals surface area contributed by atoms with E-state index in [0.717, 1.165) is 0 Å². The molecule has 1 aromatic heterocycles. The van der Waals surface area contributed by atoms with Gasteiger partial charge < -0.3 is 28.7 Å². The average molecular weight is 412 g/mol. The Balaban J connectivity index is 1.41. The number of hydrogen-bond acceptors (Lipinski definition) is 8. The molecular weight excluding hydrogens is 396 g/mol. The van der Waals surface area contributed by atoms with E-state index in [2.05, 4.69) is 5.32 Å². The van der Waals surface area contributed by atoms with Crippen molar-refractivity contribution >= 4 is 17.3 Å². The molecule has 2 heterocycles. The number of hydrogen-bond donors (Lipinski definition) is 1. The van der Waals surface area contributed by atoms with Crippen molar-refractivity contribution in [3.05, 3.63) is 70.2 Å². The molecule has 1 aliphatic rings. The lowest BCUT2D eigenvalue weighted by atomic mass is 10.2. The van der Waals surface area contributed by atoms with Crippen molar-refractivity contribution < 1.29 is 33.1 Å². The largest absolute Gasteiger partial charge is 0.496 e. The summed E-state index contributed by atoms with van der Waals surface area (Å²) in [4.78, 5) is 23.1. The van der Waals surface area contributed by atoms with Crippen molar-refractivity contribution in [2.75, 3.05) is 19.2 Å². The summed E-state index contributed by atoms with van der Waals surface area (Å²) in [6, 6.07) is 12.3. The number of amides is 1. The summed E-state index contributed by atoms with van der Waals surface area (Å²) in [6.45, 7) is 0.247. The molecule has 1 N–H and O–H groups in total. The third kappa shape index (κ3) is 3.97. The van der Waals surface area contributed by atoms with E-state index in [0.29, 0.717) is 28.8 Å². The van der Waals surface area contributed by atoms with Crippen LogP contribution in [0.3, 0.4) is 0 Å². The highest BCUT2D eigenvalue weighted by Crippen LogP contribution is 2.35. The highest BCUT2D eigenvalue weighted by atomic mass is 16.7.